The molecule has 3 heterocycles. The van der Waals surface area contributed by atoms with Crippen LogP contribution in [0.2, 0.25) is 0 Å². The van der Waals surface area contributed by atoms with Crippen LogP contribution in [-0.2, 0) is 10.9 Å². The summed E-state index contributed by atoms with van der Waals surface area (Å²) in [5.74, 6) is -1.34. The van der Waals surface area contributed by atoms with Crippen molar-refractivity contribution in [3.63, 3.8) is 0 Å². The number of thiophene rings is 1. The second-order valence-corrected chi connectivity index (χ2v) is 8.57. The lowest BCUT2D eigenvalue weighted by Crippen LogP contribution is -2.16. The van der Waals surface area contributed by atoms with Gasteiger partial charge in [-0.15, -0.1) is 11.3 Å². The lowest BCUT2D eigenvalue weighted by molar-refractivity contribution is -0.142. The van der Waals surface area contributed by atoms with Gasteiger partial charge < -0.3 is 10.1 Å². The maximum atomic E-state index is 13.8. The van der Waals surface area contributed by atoms with E-state index in [0.717, 1.165) is 17.1 Å². The van der Waals surface area contributed by atoms with Crippen molar-refractivity contribution in [3.8, 4) is 11.3 Å². The molecule has 1 aromatic carbocycles. The average Bonchev–Trinajstić information content (AvgIpc) is 3.33. The highest BCUT2D eigenvalue weighted by molar-refractivity contribution is 7.16. The second kappa shape index (κ2) is 8.90. The zero-order valence-electron chi connectivity index (χ0n) is 18.4. The summed E-state index contributed by atoms with van der Waals surface area (Å²) in [4.78, 5) is 30.6. The number of fused-ring (bicyclic) bond motifs is 1. The van der Waals surface area contributed by atoms with Crippen molar-refractivity contribution in [1.29, 1.82) is 0 Å². The van der Waals surface area contributed by atoms with Gasteiger partial charge in [-0.2, -0.15) is 18.3 Å². The van der Waals surface area contributed by atoms with Gasteiger partial charge >= 0.3 is 12.1 Å². The molecule has 0 unspecified atom stereocenters. The first kappa shape index (κ1) is 23.4. The van der Waals surface area contributed by atoms with Crippen LogP contribution in [0, 0.1) is 13.8 Å². The van der Waals surface area contributed by atoms with Gasteiger partial charge in [0.05, 0.1) is 24.1 Å². The van der Waals surface area contributed by atoms with Gasteiger partial charge in [-0.3, -0.25) is 4.79 Å². The third-order valence-electron chi connectivity index (χ3n) is 5.17. The summed E-state index contributed by atoms with van der Waals surface area (Å²) in [6.07, 6.45) is -3.71. The lowest BCUT2D eigenvalue weighted by atomic mass is 10.1. The van der Waals surface area contributed by atoms with E-state index in [1.54, 1.807) is 51.1 Å². The summed E-state index contributed by atoms with van der Waals surface area (Å²) in [6.45, 7) is 5.34. The SMILES string of the molecule is CCOC(=O)c1c(NC(=O)c2cnn3c(C(F)(F)F)cc(-c4ccccc4)nc23)sc(C)c1C. The van der Waals surface area contributed by atoms with Crippen LogP contribution in [0.25, 0.3) is 16.9 Å². The van der Waals surface area contributed by atoms with E-state index in [0.29, 0.717) is 15.6 Å². The summed E-state index contributed by atoms with van der Waals surface area (Å²) in [7, 11) is 0. The fraction of sp³-hybridized carbons (Fsp3) is 0.217. The lowest BCUT2D eigenvalue weighted by Gasteiger charge is -2.12. The number of nitrogens with zero attached hydrogens (tertiary/aromatic N) is 3. The quantitative estimate of drug-likeness (QED) is 0.374. The number of benzene rings is 1. The summed E-state index contributed by atoms with van der Waals surface area (Å²) in [6, 6.07) is 9.22. The molecule has 7 nitrogen and oxygen atoms in total. The van der Waals surface area contributed by atoms with Crippen LogP contribution in [0.5, 0.6) is 0 Å². The summed E-state index contributed by atoms with van der Waals surface area (Å²) < 4.78 is 47.1. The molecule has 1 amide bonds. The zero-order valence-corrected chi connectivity index (χ0v) is 19.2. The van der Waals surface area contributed by atoms with Crippen LogP contribution in [0.3, 0.4) is 0 Å². The molecule has 3 aromatic heterocycles. The molecule has 176 valence electrons. The summed E-state index contributed by atoms with van der Waals surface area (Å²) in [5.41, 5.74) is -0.117. The topological polar surface area (TPSA) is 85.6 Å². The number of aromatic nitrogens is 3. The Morgan fingerprint density at radius 2 is 1.88 bits per heavy atom. The number of hydrogen-bond acceptors (Lipinski definition) is 6. The van der Waals surface area contributed by atoms with E-state index in [1.807, 2.05) is 0 Å². The van der Waals surface area contributed by atoms with Gasteiger partial charge in [-0.25, -0.2) is 14.3 Å². The van der Waals surface area contributed by atoms with Gasteiger partial charge in [0.1, 0.15) is 10.6 Å². The first-order valence-electron chi connectivity index (χ1n) is 10.2. The number of aryl methyl sites for hydroxylation is 1. The highest BCUT2D eigenvalue weighted by atomic mass is 32.1. The fourth-order valence-corrected chi connectivity index (χ4v) is 4.46. The number of anilines is 1. The minimum absolute atomic E-state index is 0.0463. The Kier molecular flexibility index (Phi) is 6.13. The van der Waals surface area contributed by atoms with Crippen molar-refractivity contribution < 1.29 is 27.5 Å². The van der Waals surface area contributed by atoms with Crippen molar-refractivity contribution in [2.24, 2.45) is 0 Å². The second-order valence-electron chi connectivity index (χ2n) is 7.35. The van der Waals surface area contributed by atoms with Gasteiger partial charge in [-0.05, 0) is 32.4 Å². The molecule has 1 N–H and O–H groups in total. The van der Waals surface area contributed by atoms with Crippen LogP contribution in [0.1, 0.15) is 43.8 Å². The number of hydrogen-bond donors (Lipinski definition) is 1. The molecule has 4 aromatic rings. The van der Waals surface area contributed by atoms with E-state index in [-0.39, 0.29) is 34.1 Å². The number of carbonyl (C=O) groups is 2. The molecule has 0 fully saturated rings. The Labute approximate surface area is 196 Å². The number of ether oxygens (including phenoxy) is 1. The molecule has 0 bridgehead atoms. The highest BCUT2D eigenvalue weighted by Gasteiger charge is 2.36. The third kappa shape index (κ3) is 4.26. The van der Waals surface area contributed by atoms with E-state index in [4.69, 9.17) is 4.74 Å². The predicted octanol–water partition coefficient (Wildman–Crippen LogP) is 5.52. The van der Waals surface area contributed by atoms with E-state index in [2.05, 4.69) is 15.4 Å². The summed E-state index contributed by atoms with van der Waals surface area (Å²) >= 11 is 1.17. The highest BCUT2D eigenvalue weighted by Crippen LogP contribution is 2.35. The van der Waals surface area contributed by atoms with Gasteiger partial charge in [0, 0.05) is 10.4 Å². The van der Waals surface area contributed by atoms with Crippen molar-refractivity contribution >= 4 is 33.9 Å². The molecule has 0 aliphatic rings. The maximum absolute atomic E-state index is 13.8. The smallest absolute Gasteiger partial charge is 0.433 e. The third-order valence-corrected chi connectivity index (χ3v) is 6.29. The Morgan fingerprint density at radius 3 is 2.53 bits per heavy atom. The van der Waals surface area contributed by atoms with Crippen LogP contribution in [-0.4, -0.2) is 33.1 Å². The first-order valence-corrected chi connectivity index (χ1v) is 11.0. The minimum atomic E-state index is -4.73. The van der Waals surface area contributed by atoms with Gasteiger partial charge in [0.25, 0.3) is 5.91 Å². The number of esters is 1. The largest absolute Gasteiger partial charge is 0.462 e. The fourth-order valence-electron chi connectivity index (χ4n) is 3.42. The maximum Gasteiger partial charge on any atom is 0.433 e. The molecule has 0 spiro atoms. The molecule has 4 rings (SSSR count). The predicted molar refractivity (Wildman–Crippen MR) is 121 cm³/mol. The number of amides is 1. The molecule has 0 atom stereocenters. The van der Waals surface area contributed by atoms with E-state index < -0.39 is 23.7 Å². The van der Waals surface area contributed by atoms with Crippen LogP contribution in [0.15, 0.2) is 42.6 Å². The minimum Gasteiger partial charge on any atom is -0.462 e. The van der Waals surface area contributed by atoms with E-state index >= 15 is 0 Å². The number of rotatable bonds is 5. The monoisotopic (exact) mass is 488 g/mol. The van der Waals surface area contributed by atoms with E-state index in [9.17, 15) is 22.8 Å². The van der Waals surface area contributed by atoms with Crippen LogP contribution >= 0.6 is 11.3 Å². The molecule has 0 saturated heterocycles. The van der Waals surface area contributed by atoms with Gasteiger partial charge in [0.2, 0.25) is 0 Å². The van der Waals surface area contributed by atoms with Crippen LogP contribution < -0.4 is 5.32 Å². The normalized spacial score (nSPS) is 11.6. The van der Waals surface area contributed by atoms with Crippen molar-refractivity contribution in [3.05, 3.63) is 69.9 Å². The molecule has 0 saturated carbocycles. The van der Waals surface area contributed by atoms with Crippen molar-refractivity contribution in [2.45, 2.75) is 26.9 Å². The van der Waals surface area contributed by atoms with Gasteiger partial charge in [0.15, 0.2) is 11.3 Å². The van der Waals surface area contributed by atoms with Crippen LogP contribution in [0.4, 0.5) is 18.2 Å². The zero-order chi connectivity index (χ0) is 24.6. The van der Waals surface area contributed by atoms with Crippen molar-refractivity contribution in [1.82, 2.24) is 14.6 Å². The van der Waals surface area contributed by atoms with Crippen molar-refractivity contribution in [2.75, 3.05) is 11.9 Å². The molecule has 0 aliphatic carbocycles. The Balaban J connectivity index is 1.81. The average molecular weight is 488 g/mol. The Bertz CT molecular complexity index is 1390. The van der Waals surface area contributed by atoms with Gasteiger partial charge in [-0.1, -0.05) is 30.3 Å². The van der Waals surface area contributed by atoms with E-state index in [1.165, 1.54) is 11.3 Å². The molecule has 34 heavy (non-hydrogen) atoms. The first-order chi connectivity index (χ1) is 16.1. The molecule has 0 radical (unpaired) electrons. The number of alkyl halides is 3. The Hall–Kier alpha value is -3.73. The molecular formula is C23H19F3N4O3S. The number of halogens is 3. The number of nitrogens with one attached hydrogen (secondary N) is 1. The molecule has 11 heteroatoms. The standard InChI is InChI=1S/C23H19F3N4O3S/c1-4-33-22(32)18-12(2)13(3)34-21(18)29-20(31)15-11-27-30-17(23(24,25)26)10-16(28-19(15)30)14-8-6-5-7-9-14/h5-11H,4H2,1-3H3,(H,29,31). The Morgan fingerprint density at radius 1 is 1.18 bits per heavy atom. The molecular weight excluding hydrogens is 469 g/mol. The summed E-state index contributed by atoms with van der Waals surface area (Å²) in [5, 5.41) is 6.65. The molecule has 0 aliphatic heterocycles. The number of carbonyl (C=O) groups excluding carboxylic acids is 2.